The smallest absolute Gasteiger partial charge is 0.123 e. The molecule has 0 radical (unpaired) electrons. The zero-order valence-corrected chi connectivity index (χ0v) is 9.11. The number of nitrogens with one attached hydrogen (secondary N) is 1. The van der Waals surface area contributed by atoms with Gasteiger partial charge in [0.1, 0.15) is 5.82 Å². The SMILES string of the molecule is Fc1ccc2scc(CNC3CC3)c2c1. The van der Waals surface area contributed by atoms with Crippen molar-refractivity contribution < 1.29 is 4.39 Å². The van der Waals surface area contributed by atoms with Gasteiger partial charge in [-0.3, -0.25) is 0 Å². The fraction of sp³-hybridized carbons (Fsp3) is 0.333. The summed E-state index contributed by atoms with van der Waals surface area (Å²) in [4.78, 5) is 0. The predicted molar refractivity (Wildman–Crippen MR) is 61.6 cm³/mol. The van der Waals surface area contributed by atoms with Crippen LogP contribution in [0.1, 0.15) is 18.4 Å². The number of halogens is 1. The molecule has 0 bridgehead atoms. The van der Waals surface area contributed by atoms with Crippen LogP contribution in [0.15, 0.2) is 23.6 Å². The third-order valence-corrected chi connectivity index (χ3v) is 3.79. The summed E-state index contributed by atoms with van der Waals surface area (Å²) in [5.74, 6) is -0.145. The highest BCUT2D eigenvalue weighted by Gasteiger charge is 2.20. The minimum atomic E-state index is -0.145. The van der Waals surface area contributed by atoms with Gasteiger partial charge in [-0.25, -0.2) is 4.39 Å². The van der Waals surface area contributed by atoms with E-state index in [0.717, 1.165) is 11.9 Å². The van der Waals surface area contributed by atoms with Crippen molar-refractivity contribution in [2.45, 2.75) is 25.4 Å². The predicted octanol–water partition coefficient (Wildman–Crippen LogP) is 3.29. The van der Waals surface area contributed by atoms with E-state index in [4.69, 9.17) is 0 Å². The molecular formula is C12H12FNS. The quantitative estimate of drug-likeness (QED) is 0.838. The lowest BCUT2D eigenvalue weighted by Crippen LogP contribution is -2.14. The van der Waals surface area contributed by atoms with Gasteiger partial charge in [0.15, 0.2) is 0 Å². The molecule has 78 valence electrons. The van der Waals surface area contributed by atoms with Crippen LogP contribution in [0.3, 0.4) is 0 Å². The molecule has 1 N–H and O–H groups in total. The second-order valence-corrected chi connectivity index (χ2v) is 4.97. The Morgan fingerprint density at radius 1 is 1.40 bits per heavy atom. The zero-order chi connectivity index (χ0) is 10.3. The molecule has 1 aromatic heterocycles. The van der Waals surface area contributed by atoms with Gasteiger partial charge in [0, 0.05) is 17.3 Å². The topological polar surface area (TPSA) is 12.0 Å². The molecule has 15 heavy (non-hydrogen) atoms. The van der Waals surface area contributed by atoms with Crippen molar-refractivity contribution in [1.82, 2.24) is 5.32 Å². The molecular weight excluding hydrogens is 209 g/mol. The van der Waals surface area contributed by atoms with E-state index in [1.165, 1.54) is 29.2 Å². The van der Waals surface area contributed by atoms with Crippen LogP contribution in [0.25, 0.3) is 10.1 Å². The third kappa shape index (κ3) is 1.90. The van der Waals surface area contributed by atoms with Gasteiger partial charge in [-0.05, 0) is 47.4 Å². The summed E-state index contributed by atoms with van der Waals surface area (Å²) in [6.45, 7) is 0.869. The van der Waals surface area contributed by atoms with Crippen molar-refractivity contribution in [2.24, 2.45) is 0 Å². The second-order valence-electron chi connectivity index (χ2n) is 4.06. The monoisotopic (exact) mass is 221 g/mol. The van der Waals surface area contributed by atoms with E-state index in [9.17, 15) is 4.39 Å². The fourth-order valence-electron chi connectivity index (χ4n) is 1.73. The zero-order valence-electron chi connectivity index (χ0n) is 8.29. The van der Waals surface area contributed by atoms with E-state index < -0.39 is 0 Å². The van der Waals surface area contributed by atoms with Crippen LogP contribution in [-0.2, 0) is 6.54 Å². The maximum absolute atomic E-state index is 13.1. The molecule has 1 aromatic carbocycles. The van der Waals surface area contributed by atoms with Gasteiger partial charge in [0.25, 0.3) is 0 Å². The van der Waals surface area contributed by atoms with Gasteiger partial charge in [-0.2, -0.15) is 0 Å². The van der Waals surface area contributed by atoms with Crippen LogP contribution in [0.4, 0.5) is 4.39 Å². The van der Waals surface area contributed by atoms with Gasteiger partial charge < -0.3 is 5.32 Å². The van der Waals surface area contributed by atoms with E-state index in [2.05, 4.69) is 10.7 Å². The molecule has 3 rings (SSSR count). The first kappa shape index (κ1) is 9.31. The Balaban J connectivity index is 1.91. The molecule has 0 unspecified atom stereocenters. The highest BCUT2D eigenvalue weighted by molar-refractivity contribution is 7.17. The molecule has 3 heteroatoms. The lowest BCUT2D eigenvalue weighted by atomic mass is 10.2. The van der Waals surface area contributed by atoms with E-state index in [0.29, 0.717) is 6.04 Å². The molecule has 1 fully saturated rings. The highest BCUT2D eigenvalue weighted by atomic mass is 32.1. The van der Waals surface area contributed by atoms with Crippen molar-refractivity contribution >= 4 is 21.4 Å². The summed E-state index contributed by atoms with van der Waals surface area (Å²) in [6.07, 6.45) is 2.58. The molecule has 1 heterocycles. The number of rotatable bonds is 3. The number of benzene rings is 1. The van der Waals surface area contributed by atoms with Crippen LogP contribution in [0.2, 0.25) is 0 Å². The Hall–Kier alpha value is -0.930. The summed E-state index contributed by atoms with van der Waals surface area (Å²) in [6, 6.07) is 5.72. The Morgan fingerprint density at radius 2 is 2.27 bits per heavy atom. The average molecular weight is 221 g/mol. The van der Waals surface area contributed by atoms with Gasteiger partial charge in [0.2, 0.25) is 0 Å². The summed E-state index contributed by atoms with van der Waals surface area (Å²) in [5.41, 5.74) is 1.22. The first-order valence-electron chi connectivity index (χ1n) is 5.22. The standard InChI is InChI=1S/C12H12FNS/c13-9-1-4-12-11(5-9)8(7-15-12)6-14-10-2-3-10/h1,4-5,7,10,14H,2-3,6H2. The molecule has 0 aliphatic heterocycles. The summed E-state index contributed by atoms with van der Waals surface area (Å²) in [7, 11) is 0. The van der Waals surface area contributed by atoms with Crippen molar-refractivity contribution in [3.05, 3.63) is 35.0 Å². The molecule has 0 atom stereocenters. The highest BCUT2D eigenvalue weighted by Crippen LogP contribution is 2.27. The lowest BCUT2D eigenvalue weighted by Gasteiger charge is -2.01. The van der Waals surface area contributed by atoms with E-state index in [1.54, 1.807) is 17.4 Å². The number of hydrogen-bond donors (Lipinski definition) is 1. The Labute approximate surface area is 91.9 Å². The first-order valence-corrected chi connectivity index (χ1v) is 6.10. The Morgan fingerprint density at radius 3 is 3.07 bits per heavy atom. The van der Waals surface area contributed by atoms with Gasteiger partial charge in [-0.1, -0.05) is 0 Å². The molecule has 1 aliphatic carbocycles. The van der Waals surface area contributed by atoms with E-state index in [1.807, 2.05) is 6.07 Å². The maximum atomic E-state index is 13.1. The number of fused-ring (bicyclic) bond motifs is 1. The van der Waals surface area contributed by atoms with Crippen LogP contribution < -0.4 is 5.32 Å². The summed E-state index contributed by atoms with van der Waals surface area (Å²) < 4.78 is 14.3. The van der Waals surface area contributed by atoms with Crippen molar-refractivity contribution in [3.63, 3.8) is 0 Å². The molecule has 1 aliphatic rings. The molecule has 1 saturated carbocycles. The van der Waals surface area contributed by atoms with Gasteiger partial charge in [-0.15, -0.1) is 11.3 Å². The molecule has 0 spiro atoms. The van der Waals surface area contributed by atoms with Crippen LogP contribution in [-0.4, -0.2) is 6.04 Å². The van der Waals surface area contributed by atoms with Crippen molar-refractivity contribution in [1.29, 1.82) is 0 Å². The molecule has 1 nitrogen and oxygen atoms in total. The molecule has 0 amide bonds. The van der Waals surface area contributed by atoms with Crippen LogP contribution >= 0.6 is 11.3 Å². The lowest BCUT2D eigenvalue weighted by molar-refractivity contribution is 0.629. The van der Waals surface area contributed by atoms with Crippen LogP contribution in [0, 0.1) is 5.82 Å². The Kier molecular flexibility index (Phi) is 2.22. The summed E-state index contributed by atoms with van der Waals surface area (Å²) in [5, 5.41) is 6.64. The number of hydrogen-bond acceptors (Lipinski definition) is 2. The normalized spacial score (nSPS) is 16.1. The Bertz CT molecular complexity index is 487. The van der Waals surface area contributed by atoms with Gasteiger partial charge >= 0.3 is 0 Å². The maximum Gasteiger partial charge on any atom is 0.123 e. The third-order valence-electron chi connectivity index (χ3n) is 2.77. The number of thiophene rings is 1. The largest absolute Gasteiger partial charge is 0.310 e. The van der Waals surface area contributed by atoms with E-state index in [-0.39, 0.29) is 5.82 Å². The average Bonchev–Trinajstić information content (AvgIpc) is 2.97. The minimum absolute atomic E-state index is 0.145. The first-order chi connectivity index (χ1) is 7.33. The van der Waals surface area contributed by atoms with E-state index >= 15 is 0 Å². The van der Waals surface area contributed by atoms with Gasteiger partial charge in [0.05, 0.1) is 0 Å². The fourth-order valence-corrected chi connectivity index (χ4v) is 2.68. The van der Waals surface area contributed by atoms with Crippen molar-refractivity contribution in [2.75, 3.05) is 0 Å². The molecule has 0 saturated heterocycles. The van der Waals surface area contributed by atoms with Crippen LogP contribution in [0.5, 0.6) is 0 Å². The second kappa shape index (κ2) is 3.58. The van der Waals surface area contributed by atoms with Crippen molar-refractivity contribution in [3.8, 4) is 0 Å². The molecule has 2 aromatic rings. The summed E-state index contributed by atoms with van der Waals surface area (Å²) >= 11 is 1.69. The minimum Gasteiger partial charge on any atom is -0.310 e.